The Morgan fingerprint density at radius 1 is 1.05 bits per heavy atom. The van der Waals surface area contributed by atoms with Crippen molar-refractivity contribution in [1.82, 2.24) is 0 Å². The van der Waals surface area contributed by atoms with Crippen LogP contribution in [0.15, 0.2) is 54.6 Å². The van der Waals surface area contributed by atoms with Gasteiger partial charge >= 0.3 is 0 Å². The monoisotopic (exact) mass is 271 g/mol. The van der Waals surface area contributed by atoms with Gasteiger partial charge in [0.1, 0.15) is 11.9 Å². The topological polar surface area (TPSA) is 55.5 Å². The summed E-state index contributed by atoms with van der Waals surface area (Å²) in [6, 6.07) is 18.0. The van der Waals surface area contributed by atoms with Gasteiger partial charge in [-0.15, -0.1) is 0 Å². The quantitative estimate of drug-likeness (QED) is 0.814. The first-order valence-corrected chi connectivity index (χ1v) is 6.95. The Hall–Kier alpha value is -1.84. The van der Waals surface area contributed by atoms with Gasteiger partial charge in [-0.25, -0.2) is 0 Å². The fourth-order valence-electron chi connectivity index (χ4n) is 2.18. The molecule has 0 fully saturated rings. The van der Waals surface area contributed by atoms with E-state index in [2.05, 4.69) is 12.1 Å². The van der Waals surface area contributed by atoms with E-state index in [9.17, 15) is 0 Å². The first-order valence-electron chi connectivity index (χ1n) is 6.95. The highest BCUT2D eigenvalue weighted by Gasteiger charge is 2.12. The zero-order valence-electron chi connectivity index (χ0n) is 11.5. The molecule has 0 heterocycles. The van der Waals surface area contributed by atoms with Crippen molar-refractivity contribution in [2.75, 3.05) is 13.2 Å². The molecule has 2 rings (SSSR count). The zero-order valence-corrected chi connectivity index (χ0v) is 11.5. The van der Waals surface area contributed by atoms with E-state index in [0.29, 0.717) is 13.0 Å². The van der Waals surface area contributed by atoms with Gasteiger partial charge < -0.3 is 15.6 Å². The van der Waals surface area contributed by atoms with E-state index in [1.165, 1.54) is 0 Å². The molecule has 3 heteroatoms. The fourth-order valence-corrected chi connectivity index (χ4v) is 2.18. The summed E-state index contributed by atoms with van der Waals surface area (Å²) in [5.74, 6) is 0.818. The summed E-state index contributed by atoms with van der Waals surface area (Å²) in [5.41, 5.74) is 7.89. The van der Waals surface area contributed by atoms with Crippen molar-refractivity contribution < 1.29 is 9.84 Å². The third-order valence-electron chi connectivity index (χ3n) is 3.18. The van der Waals surface area contributed by atoms with Crippen LogP contribution in [0.4, 0.5) is 0 Å². The van der Waals surface area contributed by atoms with Crippen LogP contribution in [0.25, 0.3) is 0 Å². The van der Waals surface area contributed by atoms with Gasteiger partial charge in [-0.05, 0) is 36.2 Å². The summed E-state index contributed by atoms with van der Waals surface area (Å²) in [5, 5.41) is 9.00. The van der Waals surface area contributed by atoms with Crippen molar-refractivity contribution >= 4 is 0 Å². The molecule has 0 saturated carbocycles. The fraction of sp³-hybridized carbons (Fsp3) is 0.294. The number of ether oxygens (including phenoxy) is 1. The standard InChI is InChI=1S/C17H21NO2/c18-11-9-17(15-6-2-1-3-7-15)20-16-8-4-5-14(13-16)10-12-19/h1-8,13,17,19H,9-12,18H2. The van der Waals surface area contributed by atoms with Crippen LogP contribution in [0.3, 0.4) is 0 Å². The van der Waals surface area contributed by atoms with E-state index < -0.39 is 0 Å². The molecule has 20 heavy (non-hydrogen) atoms. The van der Waals surface area contributed by atoms with Crippen molar-refractivity contribution in [2.45, 2.75) is 18.9 Å². The van der Waals surface area contributed by atoms with Crippen molar-refractivity contribution in [3.8, 4) is 5.75 Å². The molecular formula is C17H21NO2. The van der Waals surface area contributed by atoms with Gasteiger partial charge in [0.25, 0.3) is 0 Å². The summed E-state index contributed by atoms with van der Waals surface area (Å²) in [7, 11) is 0. The first kappa shape index (κ1) is 14.6. The zero-order chi connectivity index (χ0) is 14.2. The van der Waals surface area contributed by atoms with E-state index >= 15 is 0 Å². The van der Waals surface area contributed by atoms with Crippen LogP contribution in [-0.2, 0) is 6.42 Å². The average molecular weight is 271 g/mol. The Bertz CT molecular complexity index is 513. The van der Waals surface area contributed by atoms with Crippen LogP contribution in [0.1, 0.15) is 23.7 Å². The van der Waals surface area contributed by atoms with Gasteiger partial charge in [-0.3, -0.25) is 0 Å². The second-order valence-corrected chi connectivity index (χ2v) is 4.72. The third-order valence-corrected chi connectivity index (χ3v) is 3.18. The normalized spacial score (nSPS) is 12.1. The minimum absolute atomic E-state index is 0.0365. The van der Waals surface area contributed by atoms with Gasteiger partial charge in [0.15, 0.2) is 0 Å². The summed E-state index contributed by atoms with van der Waals surface area (Å²) in [6.07, 6.45) is 1.38. The molecule has 0 aliphatic rings. The maximum atomic E-state index is 9.00. The molecule has 0 aliphatic carbocycles. The lowest BCUT2D eigenvalue weighted by Crippen LogP contribution is -2.13. The molecule has 0 aromatic heterocycles. The lowest BCUT2D eigenvalue weighted by atomic mass is 10.1. The molecular weight excluding hydrogens is 250 g/mol. The minimum atomic E-state index is -0.0365. The second-order valence-electron chi connectivity index (χ2n) is 4.72. The number of rotatable bonds is 7. The number of nitrogens with two attached hydrogens (primary N) is 1. The molecule has 3 nitrogen and oxygen atoms in total. The molecule has 106 valence electrons. The lowest BCUT2D eigenvalue weighted by Gasteiger charge is -2.19. The highest BCUT2D eigenvalue weighted by molar-refractivity contribution is 5.30. The number of aliphatic hydroxyl groups excluding tert-OH is 1. The third kappa shape index (κ3) is 4.08. The smallest absolute Gasteiger partial charge is 0.125 e. The predicted molar refractivity (Wildman–Crippen MR) is 80.7 cm³/mol. The molecule has 0 saturated heterocycles. The largest absolute Gasteiger partial charge is 0.486 e. The second kappa shape index (κ2) is 7.68. The molecule has 0 radical (unpaired) electrons. The highest BCUT2D eigenvalue weighted by atomic mass is 16.5. The molecule has 0 spiro atoms. The maximum Gasteiger partial charge on any atom is 0.125 e. The average Bonchev–Trinajstić information content (AvgIpc) is 2.48. The predicted octanol–water partition coefficient (Wildman–Crippen LogP) is 2.69. The van der Waals surface area contributed by atoms with Crippen molar-refractivity contribution in [3.63, 3.8) is 0 Å². The minimum Gasteiger partial charge on any atom is -0.486 e. The van der Waals surface area contributed by atoms with Crippen LogP contribution in [0.2, 0.25) is 0 Å². The Balaban J connectivity index is 2.14. The highest BCUT2D eigenvalue weighted by Crippen LogP contribution is 2.25. The van der Waals surface area contributed by atoms with Crippen molar-refractivity contribution in [2.24, 2.45) is 5.73 Å². The molecule has 0 bridgehead atoms. The van der Waals surface area contributed by atoms with Gasteiger partial charge in [0.05, 0.1) is 0 Å². The molecule has 2 aromatic carbocycles. The van der Waals surface area contributed by atoms with E-state index in [1.54, 1.807) is 0 Å². The lowest BCUT2D eigenvalue weighted by molar-refractivity contribution is 0.197. The van der Waals surface area contributed by atoms with Gasteiger partial charge in [-0.2, -0.15) is 0 Å². The van der Waals surface area contributed by atoms with Crippen molar-refractivity contribution in [1.29, 1.82) is 0 Å². The number of hydrogen-bond acceptors (Lipinski definition) is 3. The van der Waals surface area contributed by atoms with E-state index in [0.717, 1.165) is 23.3 Å². The van der Waals surface area contributed by atoms with E-state index in [-0.39, 0.29) is 12.7 Å². The Morgan fingerprint density at radius 2 is 1.85 bits per heavy atom. The molecule has 3 N–H and O–H groups in total. The van der Waals surface area contributed by atoms with Crippen LogP contribution in [0, 0.1) is 0 Å². The summed E-state index contributed by atoms with van der Waals surface area (Å²) >= 11 is 0. The summed E-state index contributed by atoms with van der Waals surface area (Å²) in [6.45, 7) is 0.726. The SMILES string of the molecule is NCCC(Oc1cccc(CCO)c1)c1ccccc1. The number of benzene rings is 2. The molecule has 2 aromatic rings. The van der Waals surface area contributed by atoms with Crippen molar-refractivity contribution in [3.05, 3.63) is 65.7 Å². The summed E-state index contributed by atoms with van der Waals surface area (Å²) < 4.78 is 6.07. The van der Waals surface area contributed by atoms with Gasteiger partial charge in [0, 0.05) is 13.0 Å². The molecule has 1 unspecified atom stereocenters. The molecule has 0 amide bonds. The molecule has 1 atom stereocenters. The Kier molecular flexibility index (Phi) is 5.59. The Morgan fingerprint density at radius 3 is 2.55 bits per heavy atom. The number of hydrogen-bond donors (Lipinski definition) is 2. The van der Waals surface area contributed by atoms with Gasteiger partial charge in [-0.1, -0.05) is 42.5 Å². The Labute approximate surface area is 120 Å². The van der Waals surface area contributed by atoms with Gasteiger partial charge in [0.2, 0.25) is 0 Å². The maximum absolute atomic E-state index is 9.00. The van der Waals surface area contributed by atoms with Crippen LogP contribution in [0.5, 0.6) is 5.75 Å². The van der Waals surface area contributed by atoms with Crippen LogP contribution < -0.4 is 10.5 Å². The first-order chi connectivity index (χ1) is 9.83. The van der Waals surface area contributed by atoms with E-state index in [1.807, 2.05) is 42.5 Å². The van der Waals surface area contributed by atoms with Crippen LogP contribution >= 0.6 is 0 Å². The van der Waals surface area contributed by atoms with Crippen LogP contribution in [-0.4, -0.2) is 18.3 Å². The number of aliphatic hydroxyl groups is 1. The summed E-state index contributed by atoms with van der Waals surface area (Å²) in [4.78, 5) is 0. The molecule has 0 aliphatic heterocycles. The van der Waals surface area contributed by atoms with E-state index in [4.69, 9.17) is 15.6 Å².